The normalized spacial score (nSPS) is 19.2. The van der Waals surface area contributed by atoms with Gasteiger partial charge in [0.15, 0.2) is 0 Å². The van der Waals surface area contributed by atoms with Crippen LogP contribution in [0.3, 0.4) is 0 Å². The van der Waals surface area contributed by atoms with Crippen molar-refractivity contribution in [3.05, 3.63) is 33.6 Å². The van der Waals surface area contributed by atoms with Crippen LogP contribution in [0, 0.1) is 6.92 Å². The highest BCUT2D eigenvalue weighted by Crippen LogP contribution is 2.35. The summed E-state index contributed by atoms with van der Waals surface area (Å²) in [6.45, 7) is 8.63. The maximum Gasteiger partial charge on any atom is 0.228 e. The van der Waals surface area contributed by atoms with E-state index in [0.717, 1.165) is 48.7 Å². The van der Waals surface area contributed by atoms with Gasteiger partial charge in [0.25, 0.3) is 0 Å². The molecule has 1 aromatic carbocycles. The van der Waals surface area contributed by atoms with E-state index in [4.69, 9.17) is 4.98 Å². The van der Waals surface area contributed by atoms with Crippen LogP contribution < -0.4 is 10.6 Å². The van der Waals surface area contributed by atoms with Crippen molar-refractivity contribution >= 4 is 22.9 Å². The highest BCUT2D eigenvalue weighted by Gasteiger charge is 2.23. The number of nitrogens with one attached hydrogen (secondary N) is 2. The molecule has 2 aliphatic rings. The molecule has 2 aromatic rings. The van der Waals surface area contributed by atoms with E-state index in [1.54, 1.807) is 11.3 Å². The van der Waals surface area contributed by atoms with E-state index in [2.05, 4.69) is 41.5 Å². The van der Waals surface area contributed by atoms with Gasteiger partial charge in [-0.2, -0.15) is 0 Å². The van der Waals surface area contributed by atoms with Gasteiger partial charge >= 0.3 is 0 Å². The third kappa shape index (κ3) is 2.85. The van der Waals surface area contributed by atoms with Gasteiger partial charge in [0.1, 0.15) is 5.01 Å². The van der Waals surface area contributed by atoms with Crippen LogP contribution in [-0.2, 0) is 11.2 Å². The molecule has 2 aliphatic heterocycles. The molecule has 4 rings (SSSR count). The second kappa shape index (κ2) is 6.27. The predicted octanol–water partition coefficient (Wildman–Crippen LogP) is 2.58. The summed E-state index contributed by atoms with van der Waals surface area (Å²) in [5, 5.41) is 7.47. The molecule has 5 nitrogen and oxygen atoms in total. The Morgan fingerprint density at radius 2 is 2.08 bits per heavy atom. The summed E-state index contributed by atoms with van der Waals surface area (Å²) in [4.78, 5) is 20.2. The van der Waals surface area contributed by atoms with Gasteiger partial charge in [-0.05, 0) is 31.5 Å². The SMILES string of the molecule is Cc1sc(C(C)N2CCNCC2)nc1-c1ccc2c(c1)CC(=O)N2. The number of aryl methyl sites for hydroxylation is 1. The van der Waals surface area contributed by atoms with E-state index in [9.17, 15) is 4.79 Å². The molecule has 1 aromatic heterocycles. The molecule has 0 bridgehead atoms. The Kier molecular flexibility index (Phi) is 4.12. The minimum Gasteiger partial charge on any atom is -0.326 e. The number of benzene rings is 1. The maximum atomic E-state index is 11.5. The molecule has 0 radical (unpaired) electrons. The van der Waals surface area contributed by atoms with Gasteiger partial charge in [-0.1, -0.05) is 6.07 Å². The molecule has 0 saturated carbocycles. The van der Waals surface area contributed by atoms with Crippen molar-refractivity contribution in [3.63, 3.8) is 0 Å². The van der Waals surface area contributed by atoms with Crippen LogP contribution in [0.1, 0.15) is 28.4 Å². The smallest absolute Gasteiger partial charge is 0.228 e. The van der Waals surface area contributed by atoms with E-state index >= 15 is 0 Å². The third-order valence-corrected chi connectivity index (χ3v) is 6.01. The molecule has 3 heterocycles. The fraction of sp³-hybridized carbons (Fsp3) is 0.444. The van der Waals surface area contributed by atoms with Crippen molar-refractivity contribution in [1.29, 1.82) is 0 Å². The van der Waals surface area contributed by atoms with Crippen molar-refractivity contribution in [2.24, 2.45) is 0 Å². The van der Waals surface area contributed by atoms with Crippen LogP contribution >= 0.6 is 11.3 Å². The number of anilines is 1. The second-order valence-electron chi connectivity index (χ2n) is 6.52. The van der Waals surface area contributed by atoms with E-state index < -0.39 is 0 Å². The quantitative estimate of drug-likeness (QED) is 0.900. The fourth-order valence-corrected chi connectivity index (χ4v) is 4.50. The van der Waals surface area contributed by atoms with E-state index in [1.807, 2.05) is 6.07 Å². The lowest BCUT2D eigenvalue weighted by atomic mass is 10.1. The summed E-state index contributed by atoms with van der Waals surface area (Å²) in [6, 6.07) is 6.51. The second-order valence-corrected chi connectivity index (χ2v) is 7.75. The number of carbonyl (C=O) groups is 1. The molecule has 1 amide bonds. The Bertz CT molecular complexity index is 779. The van der Waals surface area contributed by atoms with Gasteiger partial charge in [-0.15, -0.1) is 11.3 Å². The van der Waals surface area contributed by atoms with E-state index in [0.29, 0.717) is 12.5 Å². The zero-order valence-corrected chi connectivity index (χ0v) is 14.9. The van der Waals surface area contributed by atoms with Gasteiger partial charge in [0.05, 0.1) is 18.2 Å². The van der Waals surface area contributed by atoms with Crippen LogP contribution in [0.25, 0.3) is 11.3 Å². The number of hydrogen-bond acceptors (Lipinski definition) is 5. The minimum atomic E-state index is 0.0742. The molecule has 1 saturated heterocycles. The molecule has 0 spiro atoms. The first-order chi connectivity index (χ1) is 11.6. The Hall–Kier alpha value is -1.76. The molecule has 24 heavy (non-hydrogen) atoms. The minimum absolute atomic E-state index is 0.0742. The van der Waals surface area contributed by atoms with Crippen LogP contribution in [-0.4, -0.2) is 42.0 Å². The Balaban J connectivity index is 1.62. The number of piperazine rings is 1. The standard InChI is InChI=1S/C18H22N4OS/c1-11(22-7-5-19-6-8-22)18-21-17(12(2)24-18)13-3-4-15-14(9-13)10-16(23)20-15/h3-4,9,11,19H,5-8,10H2,1-2H3,(H,20,23). The Morgan fingerprint density at radius 1 is 1.29 bits per heavy atom. The zero-order chi connectivity index (χ0) is 16.7. The van der Waals surface area contributed by atoms with Crippen LogP contribution in [0.2, 0.25) is 0 Å². The third-order valence-electron chi connectivity index (χ3n) is 4.87. The molecule has 1 unspecified atom stereocenters. The van der Waals surface area contributed by atoms with Gasteiger partial charge in [0, 0.05) is 42.3 Å². The number of rotatable bonds is 3. The van der Waals surface area contributed by atoms with Crippen LogP contribution in [0.4, 0.5) is 5.69 Å². The summed E-state index contributed by atoms with van der Waals surface area (Å²) in [5.74, 6) is 0.0742. The van der Waals surface area contributed by atoms with Crippen molar-refractivity contribution in [2.45, 2.75) is 26.3 Å². The van der Waals surface area contributed by atoms with Gasteiger partial charge in [-0.25, -0.2) is 4.98 Å². The van der Waals surface area contributed by atoms with E-state index in [-0.39, 0.29) is 5.91 Å². The van der Waals surface area contributed by atoms with Crippen molar-refractivity contribution < 1.29 is 4.79 Å². The first-order valence-electron chi connectivity index (χ1n) is 8.47. The highest BCUT2D eigenvalue weighted by atomic mass is 32.1. The zero-order valence-electron chi connectivity index (χ0n) is 14.1. The van der Waals surface area contributed by atoms with Crippen molar-refractivity contribution in [1.82, 2.24) is 15.2 Å². The van der Waals surface area contributed by atoms with Gasteiger partial charge in [-0.3, -0.25) is 9.69 Å². The number of aromatic nitrogens is 1. The number of nitrogens with zero attached hydrogens (tertiary/aromatic N) is 2. The topological polar surface area (TPSA) is 57.3 Å². The molecular formula is C18H22N4OS. The molecule has 1 atom stereocenters. The Labute approximate surface area is 146 Å². The molecule has 126 valence electrons. The summed E-state index contributed by atoms with van der Waals surface area (Å²) in [7, 11) is 0. The summed E-state index contributed by atoms with van der Waals surface area (Å²) < 4.78 is 0. The van der Waals surface area contributed by atoms with Crippen molar-refractivity contribution in [3.8, 4) is 11.3 Å². The number of hydrogen-bond donors (Lipinski definition) is 2. The highest BCUT2D eigenvalue weighted by molar-refractivity contribution is 7.12. The monoisotopic (exact) mass is 342 g/mol. The predicted molar refractivity (Wildman–Crippen MR) is 97.5 cm³/mol. The lowest BCUT2D eigenvalue weighted by molar-refractivity contribution is -0.115. The molecular weight excluding hydrogens is 320 g/mol. The number of amides is 1. The fourth-order valence-electron chi connectivity index (χ4n) is 3.47. The summed E-state index contributed by atoms with van der Waals surface area (Å²) >= 11 is 1.79. The van der Waals surface area contributed by atoms with Gasteiger partial charge < -0.3 is 10.6 Å². The van der Waals surface area contributed by atoms with Crippen LogP contribution in [0.5, 0.6) is 0 Å². The molecule has 0 aliphatic carbocycles. The average molecular weight is 342 g/mol. The summed E-state index contributed by atoms with van der Waals surface area (Å²) in [6.07, 6.45) is 0.469. The summed E-state index contributed by atoms with van der Waals surface area (Å²) in [5.41, 5.74) is 4.17. The number of carbonyl (C=O) groups excluding carboxylic acids is 1. The first-order valence-corrected chi connectivity index (χ1v) is 9.29. The average Bonchev–Trinajstić information content (AvgIpc) is 3.16. The van der Waals surface area contributed by atoms with Gasteiger partial charge in [0.2, 0.25) is 5.91 Å². The number of fused-ring (bicyclic) bond motifs is 1. The van der Waals surface area contributed by atoms with Crippen LogP contribution in [0.15, 0.2) is 18.2 Å². The number of thiazole rings is 1. The largest absolute Gasteiger partial charge is 0.326 e. The van der Waals surface area contributed by atoms with E-state index in [1.165, 1.54) is 9.88 Å². The molecule has 2 N–H and O–H groups in total. The molecule has 6 heteroatoms. The maximum absolute atomic E-state index is 11.5. The lowest BCUT2D eigenvalue weighted by Crippen LogP contribution is -2.44. The molecule has 1 fully saturated rings. The van der Waals surface area contributed by atoms with Crippen molar-refractivity contribution in [2.75, 3.05) is 31.5 Å². The Morgan fingerprint density at radius 3 is 2.88 bits per heavy atom. The first kappa shape index (κ1) is 15.7. The lowest BCUT2D eigenvalue weighted by Gasteiger charge is -2.31.